The van der Waals surface area contributed by atoms with Crippen molar-refractivity contribution < 1.29 is 9.18 Å². The summed E-state index contributed by atoms with van der Waals surface area (Å²) in [7, 11) is 0. The summed E-state index contributed by atoms with van der Waals surface area (Å²) in [4.78, 5) is 18.8. The second-order valence-corrected chi connectivity index (χ2v) is 7.06. The Labute approximate surface area is 145 Å². The van der Waals surface area contributed by atoms with Crippen molar-refractivity contribution in [2.24, 2.45) is 0 Å². The minimum atomic E-state index is -0.202. The summed E-state index contributed by atoms with van der Waals surface area (Å²) < 4.78 is 13.3. The SMILES string of the molecule is Cc1cc(CCC(=O)NC[C@H]2CCCN2c2nccs2)ccc1F. The maximum absolute atomic E-state index is 13.3. The van der Waals surface area contributed by atoms with Gasteiger partial charge < -0.3 is 10.2 Å². The van der Waals surface area contributed by atoms with Gasteiger partial charge in [0.15, 0.2) is 5.13 Å². The van der Waals surface area contributed by atoms with Crippen molar-refractivity contribution >= 4 is 22.4 Å². The van der Waals surface area contributed by atoms with Crippen LogP contribution in [0, 0.1) is 12.7 Å². The molecule has 1 aliphatic rings. The first-order chi connectivity index (χ1) is 11.6. The van der Waals surface area contributed by atoms with Gasteiger partial charge in [0.1, 0.15) is 5.82 Å². The smallest absolute Gasteiger partial charge is 0.220 e. The Morgan fingerprint density at radius 2 is 2.38 bits per heavy atom. The van der Waals surface area contributed by atoms with E-state index in [0.717, 1.165) is 30.1 Å². The van der Waals surface area contributed by atoms with Gasteiger partial charge in [-0.2, -0.15) is 0 Å². The highest BCUT2D eigenvalue weighted by atomic mass is 32.1. The lowest BCUT2D eigenvalue weighted by atomic mass is 10.1. The fraction of sp³-hybridized carbons (Fsp3) is 0.444. The molecule has 1 aromatic heterocycles. The molecule has 6 heteroatoms. The average Bonchev–Trinajstić information content (AvgIpc) is 3.24. The number of nitrogens with one attached hydrogen (secondary N) is 1. The van der Waals surface area contributed by atoms with E-state index in [4.69, 9.17) is 0 Å². The van der Waals surface area contributed by atoms with Crippen LogP contribution < -0.4 is 10.2 Å². The van der Waals surface area contributed by atoms with Gasteiger partial charge in [-0.1, -0.05) is 12.1 Å². The average molecular weight is 347 g/mol. The van der Waals surface area contributed by atoms with Crippen LogP contribution in [0.1, 0.15) is 30.4 Å². The first-order valence-corrected chi connectivity index (χ1v) is 9.19. The molecular formula is C18H22FN3OS. The molecule has 3 rings (SSSR count). The van der Waals surface area contributed by atoms with Gasteiger partial charge in [0.2, 0.25) is 5.91 Å². The Kier molecular flexibility index (Phi) is 5.45. The fourth-order valence-electron chi connectivity index (χ4n) is 3.10. The number of hydrogen-bond acceptors (Lipinski definition) is 4. The number of carbonyl (C=O) groups is 1. The topological polar surface area (TPSA) is 45.2 Å². The lowest BCUT2D eigenvalue weighted by Gasteiger charge is -2.24. The van der Waals surface area contributed by atoms with Gasteiger partial charge in [-0.05, 0) is 43.4 Å². The third-order valence-corrected chi connectivity index (χ3v) is 5.25. The van der Waals surface area contributed by atoms with Crippen LogP contribution in [0.25, 0.3) is 0 Å². The molecule has 0 unspecified atom stereocenters. The maximum atomic E-state index is 13.3. The lowest BCUT2D eigenvalue weighted by molar-refractivity contribution is -0.121. The normalized spacial score (nSPS) is 17.2. The number of rotatable bonds is 6. The van der Waals surface area contributed by atoms with E-state index >= 15 is 0 Å². The molecule has 0 spiro atoms. The number of aromatic nitrogens is 1. The molecule has 0 aliphatic carbocycles. The lowest BCUT2D eigenvalue weighted by Crippen LogP contribution is -2.40. The summed E-state index contributed by atoms with van der Waals surface area (Å²) in [5.41, 5.74) is 1.62. The van der Waals surface area contributed by atoms with E-state index in [0.29, 0.717) is 31.0 Å². The van der Waals surface area contributed by atoms with Crippen molar-refractivity contribution in [3.05, 3.63) is 46.7 Å². The minimum absolute atomic E-state index is 0.0444. The molecule has 1 saturated heterocycles. The monoisotopic (exact) mass is 347 g/mol. The molecule has 4 nitrogen and oxygen atoms in total. The fourth-order valence-corrected chi connectivity index (χ4v) is 3.84. The number of benzene rings is 1. The molecule has 0 radical (unpaired) electrons. The summed E-state index contributed by atoms with van der Waals surface area (Å²) in [6.45, 7) is 3.40. The second kappa shape index (κ2) is 7.75. The van der Waals surface area contributed by atoms with Gasteiger partial charge in [-0.25, -0.2) is 9.37 Å². The molecule has 1 N–H and O–H groups in total. The molecule has 0 saturated carbocycles. The Morgan fingerprint density at radius 3 is 3.12 bits per heavy atom. The first kappa shape index (κ1) is 16.9. The van der Waals surface area contributed by atoms with Crippen LogP contribution in [-0.2, 0) is 11.2 Å². The van der Waals surface area contributed by atoms with Gasteiger partial charge in [0.05, 0.1) is 0 Å². The van der Waals surface area contributed by atoms with Crippen molar-refractivity contribution in [1.29, 1.82) is 0 Å². The second-order valence-electron chi connectivity index (χ2n) is 6.19. The first-order valence-electron chi connectivity index (χ1n) is 8.31. The zero-order chi connectivity index (χ0) is 16.9. The molecule has 1 fully saturated rings. The van der Waals surface area contributed by atoms with Crippen LogP contribution in [0.3, 0.4) is 0 Å². The van der Waals surface area contributed by atoms with Crippen LogP contribution in [0.2, 0.25) is 0 Å². The van der Waals surface area contributed by atoms with Crippen molar-refractivity contribution in [3.63, 3.8) is 0 Å². The van der Waals surface area contributed by atoms with E-state index in [1.54, 1.807) is 24.3 Å². The van der Waals surface area contributed by atoms with E-state index in [9.17, 15) is 9.18 Å². The number of halogens is 1. The standard InChI is InChI=1S/C18H22FN3OS/c1-13-11-14(4-6-16(13)19)5-7-17(23)21-12-15-3-2-9-22(15)18-20-8-10-24-18/h4,6,8,10-11,15H,2-3,5,7,9,12H2,1H3,(H,21,23)/t15-/m1/s1. The quantitative estimate of drug-likeness (QED) is 0.872. The minimum Gasteiger partial charge on any atom is -0.354 e. The van der Waals surface area contributed by atoms with Gasteiger partial charge in [0, 0.05) is 37.1 Å². The van der Waals surface area contributed by atoms with E-state index < -0.39 is 0 Å². The number of anilines is 1. The molecule has 1 aromatic carbocycles. The van der Waals surface area contributed by atoms with Gasteiger partial charge in [-0.3, -0.25) is 4.79 Å². The van der Waals surface area contributed by atoms with Crippen LogP contribution in [0.15, 0.2) is 29.8 Å². The molecule has 2 aromatic rings. The zero-order valence-electron chi connectivity index (χ0n) is 13.8. The number of amides is 1. The number of aryl methyl sites for hydroxylation is 2. The van der Waals surface area contributed by atoms with E-state index in [1.165, 1.54) is 6.07 Å². The Morgan fingerprint density at radius 1 is 1.50 bits per heavy atom. The van der Waals surface area contributed by atoms with Crippen molar-refractivity contribution in [3.8, 4) is 0 Å². The molecule has 128 valence electrons. The summed E-state index contributed by atoms with van der Waals surface area (Å²) in [6.07, 6.45) is 5.09. The zero-order valence-corrected chi connectivity index (χ0v) is 14.6. The molecule has 24 heavy (non-hydrogen) atoms. The third-order valence-electron chi connectivity index (χ3n) is 4.44. The van der Waals surface area contributed by atoms with E-state index in [2.05, 4.69) is 15.2 Å². The molecular weight excluding hydrogens is 325 g/mol. The highest BCUT2D eigenvalue weighted by molar-refractivity contribution is 7.13. The molecule has 1 atom stereocenters. The highest BCUT2D eigenvalue weighted by Crippen LogP contribution is 2.26. The van der Waals surface area contributed by atoms with Gasteiger partial charge in [-0.15, -0.1) is 11.3 Å². The van der Waals surface area contributed by atoms with Crippen LogP contribution in [0.4, 0.5) is 9.52 Å². The highest BCUT2D eigenvalue weighted by Gasteiger charge is 2.26. The van der Waals surface area contributed by atoms with Crippen molar-refractivity contribution in [1.82, 2.24) is 10.3 Å². The van der Waals surface area contributed by atoms with Crippen molar-refractivity contribution in [2.45, 2.75) is 38.6 Å². The Balaban J connectivity index is 1.46. The Bertz CT molecular complexity index is 690. The molecule has 2 heterocycles. The number of hydrogen-bond donors (Lipinski definition) is 1. The Hall–Kier alpha value is -1.95. The van der Waals surface area contributed by atoms with E-state index in [1.807, 2.05) is 17.6 Å². The summed E-state index contributed by atoms with van der Waals surface area (Å²) >= 11 is 1.64. The van der Waals surface area contributed by atoms with Crippen LogP contribution in [-0.4, -0.2) is 30.0 Å². The predicted octanol–water partition coefficient (Wildman–Crippen LogP) is 3.31. The van der Waals surface area contributed by atoms with Crippen molar-refractivity contribution in [2.75, 3.05) is 18.0 Å². The molecule has 1 amide bonds. The summed E-state index contributed by atoms with van der Waals surface area (Å²) in [5.74, 6) is -0.158. The number of carbonyl (C=O) groups excluding carboxylic acids is 1. The van der Waals surface area contributed by atoms with E-state index in [-0.39, 0.29) is 11.7 Å². The van der Waals surface area contributed by atoms with Gasteiger partial charge in [0.25, 0.3) is 0 Å². The summed E-state index contributed by atoms with van der Waals surface area (Å²) in [6, 6.07) is 5.35. The van der Waals surface area contributed by atoms with Crippen LogP contribution >= 0.6 is 11.3 Å². The predicted molar refractivity (Wildman–Crippen MR) is 94.9 cm³/mol. The number of nitrogens with zero attached hydrogens (tertiary/aromatic N) is 2. The summed E-state index contributed by atoms with van der Waals surface area (Å²) in [5, 5.41) is 6.05. The number of thiazole rings is 1. The maximum Gasteiger partial charge on any atom is 0.220 e. The molecule has 1 aliphatic heterocycles. The van der Waals surface area contributed by atoms with Crippen LogP contribution in [0.5, 0.6) is 0 Å². The molecule has 0 bridgehead atoms. The van der Waals surface area contributed by atoms with Gasteiger partial charge >= 0.3 is 0 Å². The largest absolute Gasteiger partial charge is 0.354 e. The third kappa shape index (κ3) is 4.12.